The van der Waals surface area contributed by atoms with Crippen molar-refractivity contribution in [2.75, 3.05) is 11.8 Å². The van der Waals surface area contributed by atoms with Crippen LogP contribution in [0, 0.1) is 0 Å². The molecule has 1 aromatic heterocycles. The zero-order valence-corrected chi connectivity index (χ0v) is 12.7. The van der Waals surface area contributed by atoms with Crippen LogP contribution >= 0.6 is 22.9 Å². The Morgan fingerprint density at radius 3 is 2.55 bits per heavy atom. The number of halogens is 1. The van der Waals surface area contributed by atoms with Gasteiger partial charge in [0.05, 0.1) is 11.4 Å². The van der Waals surface area contributed by atoms with Crippen molar-refractivity contribution >= 4 is 44.6 Å². The maximum Gasteiger partial charge on any atom is 0.349 e. The number of anilines is 1. The normalized spacial score (nSPS) is 11.1. The Morgan fingerprint density at radius 2 is 1.95 bits per heavy atom. The lowest BCUT2D eigenvalue weighted by molar-refractivity contribution is 0.0602. The Morgan fingerprint density at radius 1 is 1.30 bits per heavy atom. The number of carbonyl (C=O) groups excluding carboxylic acids is 1. The van der Waals surface area contributed by atoms with Crippen molar-refractivity contribution < 1.29 is 17.9 Å². The maximum absolute atomic E-state index is 12.3. The quantitative estimate of drug-likeness (QED) is 0.874. The minimum atomic E-state index is -3.90. The molecule has 106 valence electrons. The Balaban J connectivity index is 2.42. The molecule has 1 heterocycles. The van der Waals surface area contributed by atoms with Crippen molar-refractivity contribution in [3.8, 4) is 0 Å². The minimum Gasteiger partial charge on any atom is -0.465 e. The average Bonchev–Trinajstić information content (AvgIpc) is 2.81. The Kier molecular flexibility index (Phi) is 4.32. The largest absolute Gasteiger partial charge is 0.465 e. The molecule has 0 aliphatic rings. The van der Waals surface area contributed by atoms with Crippen LogP contribution in [0.2, 0.25) is 4.34 Å². The van der Waals surface area contributed by atoms with E-state index in [9.17, 15) is 13.2 Å². The predicted octanol–water partition coefficient (Wildman–Crippen LogP) is 2.99. The van der Waals surface area contributed by atoms with E-state index in [0.717, 1.165) is 11.3 Å². The van der Waals surface area contributed by atoms with Crippen LogP contribution < -0.4 is 4.72 Å². The molecule has 0 aliphatic heterocycles. The van der Waals surface area contributed by atoms with Gasteiger partial charge >= 0.3 is 5.97 Å². The number of nitrogens with one attached hydrogen (secondary N) is 1. The topological polar surface area (TPSA) is 72.5 Å². The first-order chi connectivity index (χ1) is 9.44. The van der Waals surface area contributed by atoms with Crippen LogP contribution in [0.25, 0.3) is 0 Å². The summed E-state index contributed by atoms with van der Waals surface area (Å²) in [4.78, 5) is 11.3. The SMILES string of the molecule is COC(=O)c1sc(Cl)cc1S(=O)(=O)Nc1ccccc1. The smallest absolute Gasteiger partial charge is 0.349 e. The molecule has 0 amide bonds. The standard InChI is InChI=1S/C12H10ClNO4S2/c1-18-12(15)11-9(7-10(13)19-11)20(16,17)14-8-5-3-2-4-6-8/h2-7,14H,1H3. The zero-order valence-electron chi connectivity index (χ0n) is 10.3. The molecule has 0 atom stereocenters. The molecule has 5 nitrogen and oxygen atoms in total. The number of methoxy groups -OCH3 is 1. The molecule has 0 radical (unpaired) electrons. The minimum absolute atomic E-state index is 0.0547. The molecule has 0 fully saturated rings. The van der Waals surface area contributed by atoms with Crippen molar-refractivity contribution in [2.45, 2.75) is 4.90 Å². The van der Waals surface area contributed by atoms with Gasteiger partial charge in [-0.15, -0.1) is 11.3 Å². The third-order valence-corrected chi connectivity index (χ3v) is 5.13. The van der Waals surface area contributed by atoms with E-state index in [1.165, 1.54) is 13.2 Å². The lowest BCUT2D eigenvalue weighted by Gasteiger charge is -2.07. The van der Waals surface area contributed by atoms with Crippen molar-refractivity contribution in [2.24, 2.45) is 0 Å². The average molecular weight is 332 g/mol. The lowest BCUT2D eigenvalue weighted by atomic mass is 10.3. The molecule has 0 unspecified atom stereocenters. The highest BCUT2D eigenvalue weighted by molar-refractivity contribution is 7.93. The third-order valence-electron chi connectivity index (χ3n) is 2.35. The van der Waals surface area contributed by atoms with E-state index in [2.05, 4.69) is 9.46 Å². The van der Waals surface area contributed by atoms with Gasteiger partial charge in [-0.3, -0.25) is 4.72 Å². The van der Waals surface area contributed by atoms with Gasteiger partial charge in [0.2, 0.25) is 0 Å². The van der Waals surface area contributed by atoms with Crippen LogP contribution in [0.3, 0.4) is 0 Å². The number of para-hydroxylation sites is 1. The monoisotopic (exact) mass is 331 g/mol. The van der Waals surface area contributed by atoms with E-state index in [1.807, 2.05) is 0 Å². The lowest BCUT2D eigenvalue weighted by Crippen LogP contribution is -2.15. The van der Waals surface area contributed by atoms with Crippen LogP contribution in [0.15, 0.2) is 41.3 Å². The number of esters is 1. The molecular weight excluding hydrogens is 322 g/mol. The summed E-state index contributed by atoms with van der Waals surface area (Å²) >= 11 is 6.65. The van der Waals surface area contributed by atoms with Crippen molar-refractivity contribution in [1.29, 1.82) is 0 Å². The fourth-order valence-electron chi connectivity index (χ4n) is 1.50. The highest BCUT2D eigenvalue weighted by Gasteiger charge is 2.26. The van der Waals surface area contributed by atoms with E-state index in [-0.39, 0.29) is 14.1 Å². The number of sulfonamides is 1. The Bertz CT molecular complexity index is 725. The van der Waals surface area contributed by atoms with Gasteiger partial charge in [0.1, 0.15) is 9.77 Å². The molecule has 2 rings (SSSR count). The molecule has 0 aliphatic carbocycles. The van der Waals surface area contributed by atoms with Crippen LogP contribution in [-0.4, -0.2) is 21.5 Å². The Hall–Kier alpha value is -1.57. The summed E-state index contributed by atoms with van der Waals surface area (Å²) < 4.78 is 31.7. The summed E-state index contributed by atoms with van der Waals surface area (Å²) in [5.74, 6) is -0.740. The summed E-state index contributed by atoms with van der Waals surface area (Å²) in [6.45, 7) is 0. The second-order valence-corrected chi connectivity index (χ2v) is 7.04. The molecule has 1 aromatic carbocycles. The highest BCUT2D eigenvalue weighted by Crippen LogP contribution is 2.31. The first kappa shape index (κ1) is 14.8. The number of thiophene rings is 1. The molecule has 0 bridgehead atoms. The second kappa shape index (κ2) is 5.82. The fourth-order valence-corrected chi connectivity index (χ4v) is 4.29. The van der Waals surface area contributed by atoms with Gasteiger partial charge in [-0.1, -0.05) is 29.8 Å². The number of hydrogen-bond donors (Lipinski definition) is 1. The molecule has 2 aromatic rings. The van der Waals surface area contributed by atoms with E-state index in [1.54, 1.807) is 30.3 Å². The summed E-state index contributed by atoms with van der Waals surface area (Å²) in [5, 5.41) is 0. The van der Waals surface area contributed by atoms with Gasteiger partial charge in [0.25, 0.3) is 10.0 Å². The number of hydrogen-bond acceptors (Lipinski definition) is 5. The maximum atomic E-state index is 12.3. The first-order valence-corrected chi connectivity index (χ1v) is 8.07. The van der Waals surface area contributed by atoms with Gasteiger partial charge in [0, 0.05) is 5.69 Å². The summed E-state index contributed by atoms with van der Waals surface area (Å²) in [5.41, 5.74) is 0.394. The zero-order chi connectivity index (χ0) is 14.8. The third kappa shape index (κ3) is 3.12. The van der Waals surface area contributed by atoms with Gasteiger partial charge in [-0.25, -0.2) is 13.2 Å². The van der Waals surface area contributed by atoms with Gasteiger partial charge < -0.3 is 4.74 Å². The molecule has 8 heteroatoms. The number of carbonyl (C=O) groups is 1. The molecule has 20 heavy (non-hydrogen) atoms. The van der Waals surface area contributed by atoms with E-state index < -0.39 is 16.0 Å². The molecule has 0 saturated heterocycles. The van der Waals surface area contributed by atoms with Gasteiger partial charge in [-0.2, -0.15) is 0 Å². The second-order valence-electron chi connectivity index (χ2n) is 3.71. The molecular formula is C12H10ClNO4S2. The van der Waals surface area contributed by atoms with Crippen LogP contribution in [-0.2, 0) is 14.8 Å². The first-order valence-electron chi connectivity index (χ1n) is 5.39. The fraction of sp³-hybridized carbons (Fsp3) is 0.0833. The van der Waals surface area contributed by atoms with E-state index in [4.69, 9.17) is 11.6 Å². The number of rotatable bonds is 4. The predicted molar refractivity (Wildman–Crippen MR) is 77.9 cm³/mol. The van der Waals surface area contributed by atoms with E-state index in [0.29, 0.717) is 5.69 Å². The Labute approximate surface area is 125 Å². The highest BCUT2D eigenvalue weighted by atomic mass is 35.5. The summed E-state index contributed by atoms with van der Waals surface area (Å²) in [6.07, 6.45) is 0. The van der Waals surface area contributed by atoms with Crippen molar-refractivity contribution in [3.05, 3.63) is 45.6 Å². The summed E-state index contributed by atoms with van der Waals surface area (Å²) in [7, 11) is -2.73. The number of ether oxygens (including phenoxy) is 1. The van der Waals surface area contributed by atoms with Crippen molar-refractivity contribution in [1.82, 2.24) is 0 Å². The van der Waals surface area contributed by atoms with Crippen molar-refractivity contribution in [3.63, 3.8) is 0 Å². The van der Waals surface area contributed by atoms with Gasteiger partial charge in [0.15, 0.2) is 0 Å². The number of benzene rings is 1. The van der Waals surface area contributed by atoms with Crippen LogP contribution in [0.4, 0.5) is 5.69 Å². The van der Waals surface area contributed by atoms with Gasteiger partial charge in [-0.05, 0) is 18.2 Å². The molecule has 1 N–H and O–H groups in total. The van der Waals surface area contributed by atoms with E-state index >= 15 is 0 Å². The summed E-state index contributed by atoms with van der Waals surface area (Å²) in [6, 6.07) is 9.58. The van der Waals surface area contributed by atoms with Crippen LogP contribution in [0.1, 0.15) is 9.67 Å². The molecule has 0 saturated carbocycles. The molecule has 0 spiro atoms. The van der Waals surface area contributed by atoms with Crippen LogP contribution in [0.5, 0.6) is 0 Å².